The lowest BCUT2D eigenvalue weighted by Crippen LogP contribution is -2.30. The van der Waals surface area contributed by atoms with Gasteiger partial charge in [0.05, 0.1) is 37.8 Å². The average Bonchev–Trinajstić information content (AvgIpc) is 2.92. The van der Waals surface area contributed by atoms with E-state index in [0.29, 0.717) is 13.1 Å². The van der Waals surface area contributed by atoms with Crippen LogP contribution in [0.3, 0.4) is 0 Å². The largest absolute Gasteiger partial charge is 0.494 e. The Morgan fingerprint density at radius 2 is 1.00 bits per heavy atom. The van der Waals surface area contributed by atoms with Gasteiger partial charge in [0.15, 0.2) is 0 Å². The van der Waals surface area contributed by atoms with E-state index in [1.165, 1.54) is 38.5 Å². The molecule has 0 radical (unpaired) electrons. The fourth-order valence-electron chi connectivity index (χ4n) is 3.97. The number of ether oxygens (including phenoxy) is 2. The zero-order valence-corrected chi connectivity index (χ0v) is 22.7. The summed E-state index contributed by atoms with van der Waals surface area (Å²) < 4.78 is 11.5. The van der Waals surface area contributed by atoms with Gasteiger partial charge in [0.25, 0.3) is 0 Å². The quantitative estimate of drug-likeness (QED) is 0.130. The molecular formula is C30H47N3O4. The van der Waals surface area contributed by atoms with Gasteiger partial charge in [-0.05, 0) is 74.3 Å². The van der Waals surface area contributed by atoms with Gasteiger partial charge in [0.2, 0.25) is 0 Å². The minimum atomic E-state index is 0.159. The lowest BCUT2D eigenvalue weighted by Gasteiger charge is -2.19. The summed E-state index contributed by atoms with van der Waals surface area (Å²) in [7, 11) is 0. The van der Waals surface area contributed by atoms with Crippen LogP contribution in [0, 0.1) is 0 Å². The summed E-state index contributed by atoms with van der Waals surface area (Å²) in [5, 5.41) is 26.7. The van der Waals surface area contributed by atoms with Crippen molar-refractivity contribution in [3.63, 3.8) is 0 Å². The zero-order valence-electron chi connectivity index (χ0n) is 22.7. The maximum absolute atomic E-state index is 9.04. The topological polar surface area (TPSA) is 86.9 Å². The predicted octanol–water partition coefficient (Wildman–Crippen LogP) is 7.07. The Morgan fingerprint density at radius 3 is 1.46 bits per heavy atom. The van der Waals surface area contributed by atoms with E-state index in [4.69, 9.17) is 19.7 Å². The van der Waals surface area contributed by atoms with Crippen LogP contribution in [0.4, 0.5) is 11.4 Å². The molecule has 0 unspecified atom stereocenters. The maximum atomic E-state index is 9.04. The number of hydrogen-bond acceptors (Lipinski definition) is 7. The summed E-state index contributed by atoms with van der Waals surface area (Å²) in [4.78, 5) is 2.13. The number of aliphatic hydroxyl groups is 2. The van der Waals surface area contributed by atoms with E-state index in [9.17, 15) is 0 Å². The van der Waals surface area contributed by atoms with E-state index >= 15 is 0 Å². The van der Waals surface area contributed by atoms with Crippen LogP contribution in [0.2, 0.25) is 0 Å². The van der Waals surface area contributed by atoms with Gasteiger partial charge in [0, 0.05) is 13.1 Å². The van der Waals surface area contributed by atoms with Gasteiger partial charge < -0.3 is 19.7 Å². The van der Waals surface area contributed by atoms with Crippen molar-refractivity contribution in [3.05, 3.63) is 48.5 Å². The highest BCUT2D eigenvalue weighted by Gasteiger charge is 2.03. The third kappa shape index (κ3) is 14.7. The summed E-state index contributed by atoms with van der Waals surface area (Å²) in [5.74, 6) is 1.73. The highest BCUT2D eigenvalue weighted by molar-refractivity contribution is 5.44. The molecule has 0 bridgehead atoms. The van der Waals surface area contributed by atoms with Gasteiger partial charge in [-0.2, -0.15) is 10.2 Å². The first-order chi connectivity index (χ1) is 18.2. The van der Waals surface area contributed by atoms with Crippen molar-refractivity contribution in [1.29, 1.82) is 0 Å². The highest BCUT2D eigenvalue weighted by Crippen LogP contribution is 2.23. The smallest absolute Gasteiger partial charge is 0.119 e. The summed E-state index contributed by atoms with van der Waals surface area (Å²) >= 11 is 0. The first-order valence-electron chi connectivity index (χ1n) is 14.1. The number of nitrogens with zero attached hydrogens (tertiary/aromatic N) is 3. The molecule has 0 heterocycles. The van der Waals surface area contributed by atoms with Crippen LogP contribution in [-0.2, 0) is 0 Å². The fourth-order valence-corrected chi connectivity index (χ4v) is 3.97. The number of unbranched alkanes of at least 4 members (excludes halogenated alkanes) is 8. The van der Waals surface area contributed by atoms with E-state index in [1.807, 2.05) is 48.5 Å². The van der Waals surface area contributed by atoms with E-state index in [1.54, 1.807) is 0 Å². The molecule has 0 amide bonds. The molecule has 2 aromatic carbocycles. The van der Waals surface area contributed by atoms with Crippen molar-refractivity contribution < 1.29 is 19.7 Å². The molecule has 2 aromatic rings. The molecule has 206 valence electrons. The molecule has 2 N–H and O–H groups in total. The summed E-state index contributed by atoms with van der Waals surface area (Å²) in [6.45, 7) is 6.22. The molecule has 0 fully saturated rings. The zero-order chi connectivity index (χ0) is 26.4. The number of benzene rings is 2. The van der Waals surface area contributed by atoms with Gasteiger partial charge in [-0.15, -0.1) is 0 Å². The molecular weight excluding hydrogens is 466 g/mol. The highest BCUT2D eigenvalue weighted by atomic mass is 16.5. The molecule has 0 spiro atoms. The Hall–Kier alpha value is -2.48. The van der Waals surface area contributed by atoms with Crippen molar-refractivity contribution >= 4 is 11.4 Å². The lowest BCUT2D eigenvalue weighted by molar-refractivity contribution is 0.159. The van der Waals surface area contributed by atoms with Crippen molar-refractivity contribution in [1.82, 2.24) is 4.90 Å². The third-order valence-electron chi connectivity index (χ3n) is 6.19. The SMILES string of the molecule is CCCCOc1ccc(N=Nc2ccc(OCCCCCCCCCCN(CCO)CCO)cc2)cc1. The van der Waals surface area contributed by atoms with Crippen LogP contribution in [0.15, 0.2) is 58.8 Å². The first kappa shape index (κ1) is 30.7. The van der Waals surface area contributed by atoms with Crippen molar-refractivity contribution in [2.75, 3.05) is 46.1 Å². The molecule has 37 heavy (non-hydrogen) atoms. The minimum absolute atomic E-state index is 0.159. The van der Waals surface area contributed by atoms with E-state index in [-0.39, 0.29) is 13.2 Å². The summed E-state index contributed by atoms with van der Waals surface area (Å²) in [6, 6.07) is 15.4. The van der Waals surface area contributed by atoms with E-state index in [2.05, 4.69) is 22.1 Å². The van der Waals surface area contributed by atoms with E-state index < -0.39 is 0 Å². The van der Waals surface area contributed by atoms with Gasteiger partial charge in [-0.1, -0.05) is 51.9 Å². The number of rotatable bonds is 22. The summed E-state index contributed by atoms with van der Waals surface area (Å²) in [6.07, 6.45) is 11.8. The Balaban J connectivity index is 1.50. The van der Waals surface area contributed by atoms with Crippen LogP contribution in [-0.4, -0.2) is 61.2 Å². The average molecular weight is 514 g/mol. The molecule has 0 aliphatic carbocycles. The Morgan fingerprint density at radius 1 is 0.568 bits per heavy atom. The predicted molar refractivity (Wildman–Crippen MR) is 151 cm³/mol. The van der Waals surface area contributed by atoms with Gasteiger partial charge in [-0.3, -0.25) is 4.90 Å². The Labute approximate surface area is 223 Å². The first-order valence-corrected chi connectivity index (χ1v) is 14.1. The van der Waals surface area contributed by atoms with Gasteiger partial charge in [0.1, 0.15) is 11.5 Å². The van der Waals surface area contributed by atoms with Gasteiger partial charge >= 0.3 is 0 Å². The molecule has 0 atom stereocenters. The second-order valence-corrected chi connectivity index (χ2v) is 9.36. The number of aliphatic hydroxyl groups excluding tert-OH is 2. The lowest BCUT2D eigenvalue weighted by atomic mass is 10.1. The summed E-state index contributed by atoms with van der Waals surface area (Å²) in [5.41, 5.74) is 1.59. The van der Waals surface area contributed by atoms with Crippen LogP contribution in [0.1, 0.15) is 71.1 Å². The standard InChI is InChI=1S/C30H47N3O4/c1-2-3-25-36-29-16-12-27(13-17-29)31-32-28-14-18-30(19-15-28)37-26-11-9-7-5-4-6-8-10-20-33(21-23-34)22-24-35/h12-19,34-35H,2-11,20-26H2,1H3. The second-order valence-electron chi connectivity index (χ2n) is 9.36. The molecule has 0 aromatic heterocycles. The Kier molecular flexibility index (Phi) is 17.1. The Bertz CT molecular complexity index is 822. The monoisotopic (exact) mass is 513 g/mol. The van der Waals surface area contributed by atoms with E-state index in [0.717, 1.165) is 68.3 Å². The van der Waals surface area contributed by atoms with Crippen molar-refractivity contribution in [2.45, 2.75) is 71.1 Å². The molecule has 0 aliphatic heterocycles. The normalized spacial score (nSPS) is 11.5. The molecule has 7 heteroatoms. The van der Waals surface area contributed by atoms with Crippen molar-refractivity contribution in [2.24, 2.45) is 10.2 Å². The molecule has 7 nitrogen and oxygen atoms in total. The fraction of sp³-hybridized carbons (Fsp3) is 0.600. The molecule has 0 aliphatic rings. The molecule has 0 saturated carbocycles. The molecule has 2 rings (SSSR count). The van der Waals surface area contributed by atoms with Gasteiger partial charge in [-0.25, -0.2) is 0 Å². The minimum Gasteiger partial charge on any atom is -0.494 e. The number of azo groups is 1. The van der Waals surface area contributed by atoms with Crippen molar-refractivity contribution in [3.8, 4) is 11.5 Å². The second kappa shape index (κ2) is 20.6. The van der Waals surface area contributed by atoms with Crippen LogP contribution in [0.5, 0.6) is 11.5 Å². The number of hydrogen-bond donors (Lipinski definition) is 2. The third-order valence-corrected chi connectivity index (χ3v) is 6.19. The van der Waals surface area contributed by atoms with Crippen LogP contribution in [0.25, 0.3) is 0 Å². The maximum Gasteiger partial charge on any atom is 0.119 e. The molecule has 0 saturated heterocycles. The van der Waals surface area contributed by atoms with Crippen LogP contribution >= 0.6 is 0 Å². The van der Waals surface area contributed by atoms with Crippen LogP contribution < -0.4 is 9.47 Å².